The zero-order valence-electron chi connectivity index (χ0n) is 13.7. The van der Waals surface area contributed by atoms with E-state index in [-0.39, 0.29) is 11.5 Å². The van der Waals surface area contributed by atoms with Crippen molar-refractivity contribution in [3.8, 4) is 11.3 Å². The van der Waals surface area contributed by atoms with Gasteiger partial charge in [0.25, 0.3) is 5.56 Å². The lowest BCUT2D eigenvalue weighted by molar-refractivity contribution is -0.120. The van der Waals surface area contributed by atoms with Crippen LogP contribution in [0, 0.1) is 6.92 Å². The molecule has 0 aliphatic heterocycles. The molecule has 24 heavy (non-hydrogen) atoms. The van der Waals surface area contributed by atoms with Crippen molar-refractivity contribution in [3.63, 3.8) is 0 Å². The second kappa shape index (κ2) is 6.66. The number of nitrogens with zero attached hydrogens (tertiary/aromatic N) is 1. The predicted molar refractivity (Wildman–Crippen MR) is 94.9 cm³/mol. The van der Waals surface area contributed by atoms with Gasteiger partial charge in [-0.2, -0.15) is 0 Å². The predicted octanol–water partition coefficient (Wildman–Crippen LogP) is 2.58. The Kier molecular flexibility index (Phi) is 4.42. The summed E-state index contributed by atoms with van der Waals surface area (Å²) in [7, 11) is 1.63. The van der Waals surface area contributed by atoms with E-state index in [1.807, 2.05) is 31.2 Å². The monoisotopic (exact) mass is 321 g/mol. The van der Waals surface area contributed by atoms with Crippen LogP contribution in [0.2, 0.25) is 0 Å². The van der Waals surface area contributed by atoms with Gasteiger partial charge >= 0.3 is 0 Å². The van der Waals surface area contributed by atoms with Gasteiger partial charge in [0.1, 0.15) is 0 Å². The highest BCUT2D eigenvalue weighted by Gasteiger charge is 2.11. The summed E-state index contributed by atoms with van der Waals surface area (Å²) in [5, 5.41) is 3.68. The first-order valence-electron chi connectivity index (χ1n) is 7.88. The lowest BCUT2D eigenvalue weighted by Crippen LogP contribution is -2.18. The number of pyridine rings is 2. The molecule has 0 radical (unpaired) electrons. The van der Waals surface area contributed by atoms with Gasteiger partial charge in [-0.05, 0) is 42.7 Å². The maximum Gasteiger partial charge on any atom is 0.257 e. The fourth-order valence-corrected chi connectivity index (χ4v) is 2.81. The molecule has 0 saturated heterocycles. The van der Waals surface area contributed by atoms with Gasteiger partial charge in [-0.15, -0.1) is 0 Å². The van der Waals surface area contributed by atoms with Crippen LogP contribution in [0.25, 0.3) is 22.2 Å². The highest BCUT2D eigenvalue weighted by Crippen LogP contribution is 2.25. The first-order valence-corrected chi connectivity index (χ1v) is 7.88. The number of aromatic nitrogens is 2. The van der Waals surface area contributed by atoms with Gasteiger partial charge in [-0.3, -0.25) is 9.59 Å². The van der Waals surface area contributed by atoms with Crippen molar-refractivity contribution in [1.29, 1.82) is 0 Å². The van der Waals surface area contributed by atoms with Crippen molar-refractivity contribution in [2.45, 2.75) is 19.8 Å². The van der Waals surface area contributed by atoms with Crippen molar-refractivity contribution in [1.82, 2.24) is 15.3 Å². The SMILES string of the molecule is CNC(=O)CCc1cccc2c(C)cc(-c3ccc[nH]c3=O)nc12. The Morgan fingerprint density at radius 2 is 2.08 bits per heavy atom. The molecule has 0 atom stereocenters. The van der Waals surface area contributed by atoms with Crippen LogP contribution in [-0.4, -0.2) is 22.9 Å². The molecule has 2 N–H and O–H groups in total. The fourth-order valence-electron chi connectivity index (χ4n) is 2.81. The summed E-state index contributed by atoms with van der Waals surface area (Å²) in [5.41, 5.74) is 3.94. The quantitative estimate of drug-likeness (QED) is 0.775. The lowest BCUT2D eigenvalue weighted by Gasteiger charge is -2.10. The number of aryl methyl sites for hydroxylation is 2. The molecular weight excluding hydrogens is 302 g/mol. The minimum atomic E-state index is -0.161. The van der Waals surface area contributed by atoms with Gasteiger partial charge < -0.3 is 10.3 Å². The number of hydrogen-bond donors (Lipinski definition) is 2. The molecule has 3 rings (SSSR count). The van der Waals surface area contributed by atoms with Crippen LogP contribution < -0.4 is 10.9 Å². The van der Waals surface area contributed by atoms with Gasteiger partial charge in [-0.25, -0.2) is 4.98 Å². The number of carbonyl (C=O) groups is 1. The molecule has 5 nitrogen and oxygen atoms in total. The third-order valence-electron chi connectivity index (χ3n) is 4.12. The van der Waals surface area contributed by atoms with E-state index < -0.39 is 0 Å². The topological polar surface area (TPSA) is 74.8 Å². The molecule has 1 aromatic carbocycles. The summed E-state index contributed by atoms with van der Waals surface area (Å²) in [5.74, 6) is -0.000571. The van der Waals surface area contributed by atoms with Gasteiger partial charge in [0.05, 0.1) is 16.8 Å². The van der Waals surface area contributed by atoms with E-state index in [1.165, 1.54) is 0 Å². The molecule has 2 heterocycles. The number of para-hydroxylation sites is 1. The smallest absolute Gasteiger partial charge is 0.257 e. The summed E-state index contributed by atoms with van der Waals surface area (Å²) < 4.78 is 0. The first-order chi connectivity index (χ1) is 11.6. The Bertz CT molecular complexity index is 960. The molecule has 0 aliphatic rings. The minimum Gasteiger partial charge on any atom is -0.359 e. The van der Waals surface area contributed by atoms with Crippen LogP contribution in [0.3, 0.4) is 0 Å². The number of benzene rings is 1. The Balaban J connectivity index is 2.13. The number of nitrogens with one attached hydrogen (secondary N) is 2. The van der Waals surface area contributed by atoms with Crippen molar-refractivity contribution < 1.29 is 4.79 Å². The number of aromatic amines is 1. The molecule has 0 bridgehead atoms. The molecule has 0 spiro atoms. The second-order valence-corrected chi connectivity index (χ2v) is 5.72. The van der Waals surface area contributed by atoms with Crippen LogP contribution >= 0.6 is 0 Å². The third-order valence-corrected chi connectivity index (χ3v) is 4.12. The molecule has 1 amide bonds. The van der Waals surface area contributed by atoms with E-state index in [4.69, 9.17) is 4.98 Å². The van der Waals surface area contributed by atoms with Crippen molar-refractivity contribution >= 4 is 16.8 Å². The van der Waals surface area contributed by atoms with E-state index in [0.29, 0.717) is 24.1 Å². The highest BCUT2D eigenvalue weighted by atomic mass is 16.1. The Hall–Kier alpha value is -2.95. The molecule has 0 aliphatic carbocycles. The molecule has 0 fully saturated rings. The van der Waals surface area contributed by atoms with Gasteiger partial charge in [0.15, 0.2) is 0 Å². The minimum absolute atomic E-state index is 0.000571. The van der Waals surface area contributed by atoms with E-state index in [1.54, 1.807) is 25.4 Å². The normalized spacial score (nSPS) is 10.8. The molecule has 122 valence electrons. The zero-order chi connectivity index (χ0) is 17.1. The van der Waals surface area contributed by atoms with Crippen LogP contribution in [0.1, 0.15) is 17.5 Å². The Morgan fingerprint density at radius 1 is 1.25 bits per heavy atom. The van der Waals surface area contributed by atoms with Crippen molar-refractivity contribution in [2.75, 3.05) is 7.05 Å². The first kappa shape index (κ1) is 15.9. The number of hydrogen-bond acceptors (Lipinski definition) is 3. The molecule has 0 saturated carbocycles. The number of carbonyl (C=O) groups excluding carboxylic acids is 1. The summed E-state index contributed by atoms with van der Waals surface area (Å²) in [6.45, 7) is 2.01. The average molecular weight is 321 g/mol. The largest absolute Gasteiger partial charge is 0.359 e. The van der Waals surface area contributed by atoms with E-state index in [9.17, 15) is 9.59 Å². The lowest BCUT2D eigenvalue weighted by atomic mass is 10.0. The highest BCUT2D eigenvalue weighted by molar-refractivity contribution is 5.88. The number of amides is 1. The Morgan fingerprint density at radius 3 is 2.83 bits per heavy atom. The Labute approximate surface area is 139 Å². The number of fused-ring (bicyclic) bond motifs is 1. The van der Waals surface area contributed by atoms with Gasteiger partial charge in [0.2, 0.25) is 5.91 Å². The second-order valence-electron chi connectivity index (χ2n) is 5.72. The van der Waals surface area contributed by atoms with Gasteiger partial charge in [-0.1, -0.05) is 18.2 Å². The fraction of sp³-hybridized carbons (Fsp3) is 0.211. The van der Waals surface area contributed by atoms with E-state index in [2.05, 4.69) is 10.3 Å². The molecule has 3 aromatic rings. The van der Waals surface area contributed by atoms with Crippen molar-refractivity contribution in [2.24, 2.45) is 0 Å². The standard InChI is InChI=1S/C19H19N3O2/c1-12-11-16(15-7-4-10-21-19(15)24)22-18-13(5-3-6-14(12)18)8-9-17(23)20-2/h3-7,10-11H,8-9H2,1-2H3,(H,20,23)(H,21,24). The number of H-pyrrole nitrogens is 1. The average Bonchev–Trinajstić information content (AvgIpc) is 2.60. The zero-order valence-corrected chi connectivity index (χ0v) is 13.7. The molecule has 2 aromatic heterocycles. The molecule has 0 unspecified atom stereocenters. The van der Waals surface area contributed by atoms with Gasteiger partial charge in [0, 0.05) is 25.1 Å². The summed E-state index contributed by atoms with van der Waals surface area (Å²) >= 11 is 0. The third kappa shape index (κ3) is 3.06. The maximum absolute atomic E-state index is 12.1. The van der Waals surface area contributed by atoms with Crippen LogP contribution in [0.5, 0.6) is 0 Å². The summed E-state index contributed by atoms with van der Waals surface area (Å²) in [6, 6.07) is 11.5. The van der Waals surface area contributed by atoms with E-state index in [0.717, 1.165) is 22.0 Å². The molecular formula is C19H19N3O2. The van der Waals surface area contributed by atoms with Crippen molar-refractivity contribution in [3.05, 3.63) is 64.1 Å². The van der Waals surface area contributed by atoms with Crippen LogP contribution in [0.4, 0.5) is 0 Å². The molecule has 5 heteroatoms. The van der Waals surface area contributed by atoms with E-state index >= 15 is 0 Å². The van der Waals surface area contributed by atoms with Crippen LogP contribution in [-0.2, 0) is 11.2 Å². The maximum atomic E-state index is 12.1. The number of rotatable bonds is 4. The van der Waals surface area contributed by atoms with Crippen LogP contribution in [0.15, 0.2) is 47.4 Å². The summed E-state index contributed by atoms with van der Waals surface area (Å²) in [6.07, 6.45) is 2.62. The summed E-state index contributed by atoms with van der Waals surface area (Å²) in [4.78, 5) is 31.0.